The molecule has 26 heavy (non-hydrogen) atoms. The van der Waals surface area contributed by atoms with Crippen LogP contribution >= 0.6 is 15.9 Å². The Morgan fingerprint density at radius 3 is 2.62 bits per heavy atom. The number of hydrogen-bond acceptors (Lipinski definition) is 4. The first-order chi connectivity index (χ1) is 12.5. The highest BCUT2D eigenvalue weighted by Gasteiger charge is 2.23. The molecule has 1 aliphatic heterocycles. The van der Waals surface area contributed by atoms with Crippen LogP contribution in [0.15, 0.2) is 41.0 Å². The molecule has 1 fully saturated rings. The fourth-order valence-electron chi connectivity index (χ4n) is 2.98. The standard InChI is InChI=1S/C18H21BrN4O3/c19-15-3-1-2-14(12-15)13-21-8-10-22(11-9-21)18(26)16-4-6-23(20-16)7-5-17(24)25/h1-4,6,12H,5,7-11,13H2,(H,24,25). The van der Waals surface area contributed by atoms with Crippen molar-refractivity contribution in [3.05, 3.63) is 52.3 Å². The molecule has 7 nitrogen and oxygen atoms in total. The first-order valence-electron chi connectivity index (χ1n) is 8.52. The summed E-state index contributed by atoms with van der Waals surface area (Å²) < 4.78 is 2.58. The lowest BCUT2D eigenvalue weighted by Crippen LogP contribution is -2.48. The third-order valence-corrected chi connectivity index (χ3v) is 4.86. The Balaban J connectivity index is 1.51. The van der Waals surface area contributed by atoms with Gasteiger partial charge in [-0.25, -0.2) is 0 Å². The molecule has 1 aliphatic rings. The molecule has 2 heterocycles. The van der Waals surface area contributed by atoms with Gasteiger partial charge < -0.3 is 10.0 Å². The third-order valence-electron chi connectivity index (χ3n) is 4.37. The molecule has 8 heteroatoms. The highest BCUT2D eigenvalue weighted by Crippen LogP contribution is 2.15. The number of aryl methyl sites for hydroxylation is 1. The second kappa shape index (κ2) is 8.46. The average Bonchev–Trinajstić information content (AvgIpc) is 3.09. The van der Waals surface area contributed by atoms with Gasteiger partial charge in [0.15, 0.2) is 0 Å². The zero-order valence-corrected chi connectivity index (χ0v) is 15.9. The molecule has 0 unspecified atom stereocenters. The fourth-order valence-corrected chi connectivity index (χ4v) is 3.42. The molecule has 0 atom stereocenters. The minimum absolute atomic E-state index is 0.0103. The first-order valence-corrected chi connectivity index (χ1v) is 9.32. The number of halogens is 1. The summed E-state index contributed by atoms with van der Waals surface area (Å²) in [4.78, 5) is 27.3. The van der Waals surface area contributed by atoms with Crippen molar-refractivity contribution in [1.29, 1.82) is 0 Å². The maximum absolute atomic E-state index is 12.6. The summed E-state index contributed by atoms with van der Waals surface area (Å²) in [6, 6.07) is 9.90. The molecule has 0 bridgehead atoms. The number of rotatable bonds is 6. The van der Waals surface area contributed by atoms with Crippen LogP contribution in [0.4, 0.5) is 0 Å². The van der Waals surface area contributed by atoms with Crippen LogP contribution in [-0.2, 0) is 17.9 Å². The molecule has 0 saturated carbocycles. The largest absolute Gasteiger partial charge is 0.481 e. The van der Waals surface area contributed by atoms with Crippen molar-refractivity contribution < 1.29 is 14.7 Å². The molecule has 2 aromatic rings. The lowest BCUT2D eigenvalue weighted by Gasteiger charge is -2.34. The van der Waals surface area contributed by atoms with Gasteiger partial charge in [0.25, 0.3) is 5.91 Å². The summed E-state index contributed by atoms with van der Waals surface area (Å²) in [7, 11) is 0. The van der Waals surface area contributed by atoms with E-state index in [2.05, 4.69) is 38.1 Å². The molecule has 0 spiro atoms. The van der Waals surface area contributed by atoms with Gasteiger partial charge in [0, 0.05) is 43.4 Å². The maximum Gasteiger partial charge on any atom is 0.305 e. The van der Waals surface area contributed by atoms with E-state index in [1.165, 1.54) is 10.2 Å². The van der Waals surface area contributed by atoms with Crippen molar-refractivity contribution in [2.45, 2.75) is 19.5 Å². The number of hydrogen-bond donors (Lipinski definition) is 1. The summed E-state index contributed by atoms with van der Waals surface area (Å²) in [6.45, 7) is 4.09. The average molecular weight is 421 g/mol. The smallest absolute Gasteiger partial charge is 0.305 e. The zero-order chi connectivity index (χ0) is 18.5. The van der Waals surface area contributed by atoms with Gasteiger partial charge in [-0.2, -0.15) is 5.10 Å². The monoisotopic (exact) mass is 420 g/mol. The number of piperazine rings is 1. The Labute approximate surface area is 160 Å². The SMILES string of the molecule is O=C(O)CCn1ccc(C(=O)N2CCN(Cc3cccc(Br)c3)CC2)n1. The first kappa shape index (κ1) is 18.6. The third kappa shape index (κ3) is 4.92. The van der Waals surface area contributed by atoms with Crippen LogP contribution < -0.4 is 0 Å². The quantitative estimate of drug-likeness (QED) is 0.773. The van der Waals surface area contributed by atoms with Crippen LogP contribution in [0, 0.1) is 0 Å². The van der Waals surface area contributed by atoms with E-state index < -0.39 is 5.97 Å². The number of benzene rings is 1. The Hall–Kier alpha value is -2.19. The second-order valence-corrected chi connectivity index (χ2v) is 7.22. The molecule has 138 valence electrons. The number of carbonyl (C=O) groups excluding carboxylic acids is 1. The van der Waals surface area contributed by atoms with E-state index >= 15 is 0 Å². The molecule has 1 saturated heterocycles. The van der Waals surface area contributed by atoms with Gasteiger partial charge in [0.05, 0.1) is 13.0 Å². The number of carbonyl (C=O) groups is 2. The summed E-state index contributed by atoms with van der Waals surface area (Å²) in [5.41, 5.74) is 1.62. The topological polar surface area (TPSA) is 78.7 Å². The van der Waals surface area contributed by atoms with E-state index in [0.29, 0.717) is 18.8 Å². The molecule has 3 rings (SSSR count). The molecule has 1 amide bonds. The van der Waals surface area contributed by atoms with Gasteiger partial charge in [-0.15, -0.1) is 0 Å². The minimum atomic E-state index is -0.880. The number of aliphatic carboxylic acids is 1. The van der Waals surface area contributed by atoms with E-state index in [0.717, 1.165) is 24.1 Å². The molecule has 1 N–H and O–H groups in total. The summed E-state index contributed by atoms with van der Waals surface area (Å²) in [6.07, 6.45) is 1.64. The van der Waals surface area contributed by atoms with Gasteiger partial charge in [0.1, 0.15) is 5.69 Å². The van der Waals surface area contributed by atoms with Crippen LogP contribution in [0.2, 0.25) is 0 Å². The predicted molar refractivity (Wildman–Crippen MR) is 99.8 cm³/mol. The fraction of sp³-hybridized carbons (Fsp3) is 0.389. The number of nitrogens with zero attached hydrogens (tertiary/aromatic N) is 4. The Bertz CT molecular complexity index is 784. The van der Waals surface area contributed by atoms with Crippen LogP contribution in [0.3, 0.4) is 0 Å². The summed E-state index contributed by atoms with van der Waals surface area (Å²) in [5.74, 6) is -0.976. The highest BCUT2D eigenvalue weighted by atomic mass is 79.9. The molecule has 0 radical (unpaired) electrons. The predicted octanol–water partition coefficient (Wildman–Crippen LogP) is 2.08. The zero-order valence-electron chi connectivity index (χ0n) is 14.3. The van der Waals surface area contributed by atoms with E-state index in [1.807, 2.05) is 12.1 Å². The Morgan fingerprint density at radius 1 is 1.15 bits per heavy atom. The van der Waals surface area contributed by atoms with Crippen LogP contribution in [0.25, 0.3) is 0 Å². The normalized spacial score (nSPS) is 15.2. The van der Waals surface area contributed by atoms with Crippen LogP contribution in [0.5, 0.6) is 0 Å². The van der Waals surface area contributed by atoms with Gasteiger partial charge in [-0.3, -0.25) is 19.2 Å². The maximum atomic E-state index is 12.6. The van der Waals surface area contributed by atoms with E-state index in [1.54, 1.807) is 17.2 Å². The second-order valence-electron chi connectivity index (χ2n) is 6.31. The van der Waals surface area contributed by atoms with E-state index in [9.17, 15) is 9.59 Å². The Morgan fingerprint density at radius 2 is 1.92 bits per heavy atom. The molecule has 1 aromatic heterocycles. The molecular formula is C18H21BrN4O3. The van der Waals surface area contributed by atoms with Crippen LogP contribution in [-0.4, -0.2) is 62.7 Å². The number of carboxylic acids is 1. The lowest BCUT2D eigenvalue weighted by atomic mass is 10.2. The van der Waals surface area contributed by atoms with Crippen molar-refractivity contribution in [3.63, 3.8) is 0 Å². The van der Waals surface area contributed by atoms with Gasteiger partial charge >= 0.3 is 5.97 Å². The number of carboxylic acid groups (broad SMARTS) is 1. The number of amides is 1. The summed E-state index contributed by atoms with van der Waals surface area (Å²) >= 11 is 3.49. The van der Waals surface area contributed by atoms with Gasteiger partial charge in [-0.1, -0.05) is 28.1 Å². The highest BCUT2D eigenvalue weighted by molar-refractivity contribution is 9.10. The van der Waals surface area contributed by atoms with Crippen molar-refractivity contribution in [2.24, 2.45) is 0 Å². The van der Waals surface area contributed by atoms with Crippen molar-refractivity contribution in [2.75, 3.05) is 26.2 Å². The van der Waals surface area contributed by atoms with E-state index in [4.69, 9.17) is 5.11 Å². The van der Waals surface area contributed by atoms with Gasteiger partial charge in [0.2, 0.25) is 0 Å². The van der Waals surface area contributed by atoms with Crippen LogP contribution in [0.1, 0.15) is 22.5 Å². The molecular weight excluding hydrogens is 400 g/mol. The molecule has 0 aliphatic carbocycles. The lowest BCUT2D eigenvalue weighted by molar-refractivity contribution is -0.137. The van der Waals surface area contributed by atoms with Crippen molar-refractivity contribution in [3.8, 4) is 0 Å². The summed E-state index contributed by atoms with van der Waals surface area (Å²) in [5, 5.41) is 12.9. The van der Waals surface area contributed by atoms with E-state index in [-0.39, 0.29) is 18.9 Å². The number of aromatic nitrogens is 2. The molecule has 1 aromatic carbocycles. The minimum Gasteiger partial charge on any atom is -0.481 e. The Kier molecular flexibility index (Phi) is 6.05. The van der Waals surface area contributed by atoms with Crippen molar-refractivity contribution >= 4 is 27.8 Å². The van der Waals surface area contributed by atoms with Crippen molar-refractivity contribution in [1.82, 2.24) is 19.6 Å². The van der Waals surface area contributed by atoms with Gasteiger partial charge in [-0.05, 0) is 23.8 Å².